The summed E-state index contributed by atoms with van der Waals surface area (Å²) in [5.41, 5.74) is 1.12. The molecule has 3 rings (SSSR count). The van der Waals surface area contributed by atoms with Crippen molar-refractivity contribution in [2.24, 2.45) is 0 Å². The molecular weight excluding hydrogens is 326 g/mol. The number of nitrogens with zero attached hydrogens (tertiary/aromatic N) is 1. The highest BCUT2D eigenvalue weighted by atomic mass is 32.2. The largest absolute Gasteiger partial charge is 0.334 e. The Morgan fingerprint density at radius 1 is 1.21 bits per heavy atom. The lowest BCUT2D eigenvalue weighted by atomic mass is 9.97. The molecule has 0 aliphatic carbocycles. The Morgan fingerprint density at radius 3 is 2.75 bits per heavy atom. The third-order valence-corrected chi connectivity index (χ3v) is 5.50. The van der Waals surface area contributed by atoms with Gasteiger partial charge < -0.3 is 4.90 Å². The van der Waals surface area contributed by atoms with Crippen molar-refractivity contribution in [3.63, 3.8) is 0 Å². The summed E-state index contributed by atoms with van der Waals surface area (Å²) in [5, 5.41) is 2.28. The van der Waals surface area contributed by atoms with Gasteiger partial charge in [-0.3, -0.25) is 4.79 Å². The maximum atomic E-state index is 12.5. The van der Waals surface area contributed by atoms with Gasteiger partial charge in [0.1, 0.15) is 0 Å². The van der Waals surface area contributed by atoms with Crippen molar-refractivity contribution in [3.8, 4) is 0 Å². The van der Waals surface area contributed by atoms with E-state index in [0.717, 1.165) is 29.2 Å². The maximum absolute atomic E-state index is 12.5. The molecule has 2 N–H and O–H groups in total. The summed E-state index contributed by atoms with van der Waals surface area (Å²) in [6.07, 6.45) is 1.80. The maximum Gasteiger partial charge on any atom is 0.277 e. The third kappa shape index (κ3) is 3.43. The fourth-order valence-corrected chi connectivity index (χ4v) is 3.72. The van der Waals surface area contributed by atoms with E-state index in [2.05, 4.69) is 33.7 Å². The second-order valence-electron chi connectivity index (χ2n) is 5.84. The summed E-state index contributed by atoms with van der Waals surface area (Å²) < 4.78 is 27.3. The second kappa shape index (κ2) is 6.88. The van der Waals surface area contributed by atoms with Gasteiger partial charge >= 0.3 is 0 Å². The van der Waals surface area contributed by atoms with Crippen LogP contribution in [0, 0.1) is 0 Å². The average molecular weight is 347 g/mol. The highest BCUT2D eigenvalue weighted by Gasteiger charge is 2.31. The van der Waals surface area contributed by atoms with Crippen LogP contribution in [0.4, 0.5) is 0 Å². The van der Waals surface area contributed by atoms with Gasteiger partial charge in [-0.15, -0.1) is 0 Å². The van der Waals surface area contributed by atoms with Crippen molar-refractivity contribution in [1.82, 2.24) is 14.3 Å². The van der Waals surface area contributed by atoms with Crippen molar-refractivity contribution in [2.75, 3.05) is 20.1 Å². The first-order chi connectivity index (χ1) is 11.5. The summed E-state index contributed by atoms with van der Waals surface area (Å²) in [6.45, 7) is 0.415. The molecule has 128 valence electrons. The Labute approximate surface area is 142 Å². The molecule has 1 heterocycles. The van der Waals surface area contributed by atoms with Gasteiger partial charge in [0, 0.05) is 13.6 Å². The molecule has 1 fully saturated rings. The molecule has 7 heteroatoms. The number of nitrogens with one attached hydrogen (secondary N) is 2. The number of carbonyl (C=O) groups excluding carboxylic acids is 1. The first-order valence-corrected chi connectivity index (χ1v) is 9.45. The van der Waals surface area contributed by atoms with E-state index in [9.17, 15) is 13.2 Å². The zero-order chi connectivity index (χ0) is 17.2. The normalized spacial score (nSPS) is 18.2. The molecule has 0 bridgehead atoms. The lowest BCUT2D eigenvalue weighted by Gasteiger charge is -2.26. The van der Waals surface area contributed by atoms with Crippen molar-refractivity contribution in [2.45, 2.75) is 18.9 Å². The van der Waals surface area contributed by atoms with E-state index in [0.29, 0.717) is 6.54 Å². The van der Waals surface area contributed by atoms with Crippen molar-refractivity contribution in [3.05, 3.63) is 48.0 Å². The highest BCUT2D eigenvalue weighted by molar-refractivity contribution is 7.87. The fraction of sp³-hybridized carbons (Fsp3) is 0.353. The zero-order valence-corrected chi connectivity index (χ0v) is 14.3. The molecule has 1 aliphatic rings. The fourth-order valence-electron chi connectivity index (χ4n) is 3.26. The van der Waals surface area contributed by atoms with Crippen LogP contribution < -0.4 is 9.44 Å². The SMILES string of the molecule is CNS(=O)(=O)NCC(=O)N1CCC[C@@H]1c1cccc2ccccc12. The number of likely N-dealkylation sites (tertiary alicyclic amines) is 1. The van der Waals surface area contributed by atoms with Gasteiger partial charge in [0.2, 0.25) is 5.91 Å². The summed E-state index contributed by atoms with van der Waals surface area (Å²) in [4.78, 5) is 14.3. The number of rotatable bonds is 5. The lowest BCUT2D eigenvalue weighted by molar-refractivity contribution is -0.130. The Morgan fingerprint density at radius 2 is 1.96 bits per heavy atom. The number of hydrogen-bond donors (Lipinski definition) is 2. The standard InChI is InChI=1S/C17H21N3O3S/c1-18-24(22,23)19-12-17(21)20-11-5-10-16(20)15-9-4-7-13-6-2-3-8-14(13)15/h2-4,6-9,16,18-19H,5,10-12H2,1H3/t16-/m1/s1. The van der Waals surface area contributed by atoms with Gasteiger partial charge in [-0.2, -0.15) is 13.1 Å². The quantitative estimate of drug-likeness (QED) is 0.861. The Balaban J connectivity index is 1.84. The zero-order valence-electron chi connectivity index (χ0n) is 13.5. The van der Waals surface area contributed by atoms with Crippen LogP contribution in [-0.2, 0) is 15.0 Å². The molecule has 1 aliphatic heterocycles. The molecule has 0 saturated carbocycles. The van der Waals surface area contributed by atoms with E-state index in [-0.39, 0.29) is 18.5 Å². The first-order valence-electron chi connectivity index (χ1n) is 7.97. The molecule has 1 saturated heterocycles. The van der Waals surface area contributed by atoms with Crippen molar-refractivity contribution >= 4 is 26.9 Å². The molecular formula is C17H21N3O3S. The molecule has 6 nitrogen and oxygen atoms in total. The van der Waals surface area contributed by atoms with E-state index >= 15 is 0 Å². The van der Waals surface area contributed by atoms with Crippen LogP contribution in [-0.4, -0.2) is 39.4 Å². The highest BCUT2D eigenvalue weighted by Crippen LogP contribution is 2.35. The van der Waals surface area contributed by atoms with Gasteiger partial charge in [0.25, 0.3) is 10.2 Å². The first kappa shape index (κ1) is 16.9. The van der Waals surface area contributed by atoms with Gasteiger partial charge in [0.15, 0.2) is 0 Å². The van der Waals surface area contributed by atoms with Gasteiger partial charge in [-0.25, -0.2) is 4.72 Å². The van der Waals surface area contributed by atoms with E-state index in [1.807, 2.05) is 18.2 Å². The van der Waals surface area contributed by atoms with Crippen LogP contribution in [0.3, 0.4) is 0 Å². The van der Waals surface area contributed by atoms with Gasteiger partial charge in [-0.1, -0.05) is 42.5 Å². The van der Waals surface area contributed by atoms with Crippen LogP contribution in [0.1, 0.15) is 24.4 Å². The monoisotopic (exact) mass is 347 g/mol. The predicted molar refractivity (Wildman–Crippen MR) is 93.6 cm³/mol. The summed E-state index contributed by atoms with van der Waals surface area (Å²) in [6, 6.07) is 14.2. The van der Waals surface area contributed by atoms with Crippen molar-refractivity contribution < 1.29 is 13.2 Å². The van der Waals surface area contributed by atoms with Crippen LogP contribution in [0.15, 0.2) is 42.5 Å². The minimum absolute atomic E-state index is 0.0114. The minimum atomic E-state index is -3.61. The minimum Gasteiger partial charge on any atom is -0.334 e. The number of amides is 1. The van der Waals surface area contributed by atoms with Crippen LogP contribution >= 0.6 is 0 Å². The van der Waals surface area contributed by atoms with Crippen molar-refractivity contribution in [1.29, 1.82) is 0 Å². The summed E-state index contributed by atoms with van der Waals surface area (Å²) in [7, 11) is -2.30. The molecule has 0 unspecified atom stereocenters. The van der Waals surface area contributed by atoms with E-state index in [1.54, 1.807) is 4.90 Å². The number of carbonyl (C=O) groups is 1. The molecule has 2 aromatic carbocycles. The number of hydrogen-bond acceptors (Lipinski definition) is 3. The van der Waals surface area contributed by atoms with Crippen LogP contribution in [0.5, 0.6) is 0 Å². The summed E-state index contributed by atoms with van der Waals surface area (Å²) in [5.74, 6) is -0.204. The molecule has 1 atom stereocenters. The van der Waals surface area contributed by atoms with Crippen LogP contribution in [0.2, 0.25) is 0 Å². The second-order valence-corrected chi connectivity index (χ2v) is 7.55. The Hall–Kier alpha value is -1.96. The number of fused-ring (bicyclic) bond motifs is 1. The molecule has 2 aromatic rings. The van der Waals surface area contributed by atoms with Gasteiger partial charge in [0.05, 0.1) is 12.6 Å². The third-order valence-electron chi connectivity index (χ3n) is 4.44. The Bertz CT molecular complexity index is 846. The smallest absolute Gasteiger partial charge is 0.277 e. The predicted octanol–water partition coefficient (Wildman–Crippen LogP) is 1.56. The molecule has 1 amide bonds. The Kier molecular flexibility index (Phi) is 4.84. The van der Waals surface area contributed by atoms with E-state index in [4.69, 9.17) is 0 Å². The topological polar surface area (TPSA) is 78.5 Å². The average Bonchev–Trinajstić information content (AvgIpc) is 3.09. The molecule has 24 heavy (non-hydrogen) atoms. The van der Waals surface area contributed by atoms with Crippen LogP contribution in [0.25, 0.3) is 10.8 Å². The van der Waals surface area contributed by atoms with Gasteiger partial charge in [-0.05, 0) is 29.2 Å². The van der Waals surface area contributed by atoms with E-state index in [1.165, 1.54) is 7.05 Å². The lowest BCUT2D eigenvalue weighted by Crippen LogP contribution is -2.43. The molecule has 0 aromatic heterocycles. The molecule has 0 spiro atoms. The van der Waals surface area contributed by atoms with E-state index < -0.39 is 10.2 Å². The molecule has 0 radical (unpaired) electrons. The number of benzene rings is 2. The summed E-state index contributed by atoms with van der Waals surface area (Å²) >= 11 is 0.